The second kappa shape index (κ2) is 10.2. The van der Waals surface area contributed by atoms with E-state index >= 15 is 0 Å². The summed E-state index contributed by atoms with van der Waals surface area (Å²) in [6.07, 6.45) is 1.07. The van der Waals surface area contributed by atoms with Crippen LogP contribution in [0, 0.1) is 11.8 Å². The quantitative estimate of drug-likeness (QED) is 0.721. The van der Waals surface area contributed by atoms with E-state index in [0.29, 0.717) is 11.8 Å². The molecule has 5 heteroatoms. The van der Waals surface area contributed by atoms with Crippen molar-refractivity contribution in [1.82, 2.24) is 15.5 Å². The Morgan fingerprint density at radius 1 is 1.08 bits per heavy atom. The van der Waals surface area contributed by atoms with E-state index in [-0.39, 0.29) is 30.9 Å². The molecule has 0 spiro atoms. The molecule has 1 atom stereocenters. The van der Waals surface area contributed by atoms with Crippen LogP contribution in [0.5, 0.6) is 0 Å². The van der Waals surface area contributed by atoms with Crippen LogP contribution in [-0.4, -0.2) is 43.9 Å². The third-order valence-corrected chi connectivity index (χ3v) is 4.21. The average Bonchev–Trinajstić information content (AvgIpc) is 2.55. The normalized spacial score (nSPS) is 12.3. The Bertz CT molecular complexity index is 553. The van der Waals surface area contributed by atoms with Crippen molar-refractivity contribution in [2.24, 2.45) is 11.8 Å². The lowest BCUT2D eigenvalue weighted by Gasteiger charge is -2.25. The molecule has 0 aliphatic carbocycles. The summed E-state index contributed by atoms with van der Waals surface area (Å²) in [6.45, 7) is 8.99. The number of nitrogens with zero attached hydrogens (tertiary/aromatic N) is 1. The first-order valence-corrected chi connectivity index (χ1v) is 9.01. The fraction of sp³-hybridized carbons (Fsp3) is 0.600. The highest BCUT2D eigenvalue weighted by Gasteiger charge is 2.18. The summed E-state index contributed by atoms with van der Waals surface area (Å²) in [7, 11) is 3.21. The zero-order chi connectivity index (χ0) is 19.0. The summed E-state index contributed by atoms with van der Waals surface area (Å²) in [5.74, 6) is 0.731. The lowest BCUT2D eigenvalue weighted by atomic mass is 9.93. The Kier molecular flexibility index (Phi) is 8.62. The number of hydrogen-bond acceptors (Lipinski definition) is 3. The van der Waals surface area contributed by atoms with Crippen LogP contribution in [0.2, 0.25) is 0 Å². The first-order valence-electron chi connectivity index (χ1n) is 9.01. The van der Waals surface area contributed by atoms with Crippen molar-refractivity contribution in [3.8, 4) is 0 Å². The van der Waals surface area contributed by atoms with Crippen molar-refractivity contribution in [1.29, 1.82) is 0 Å². The highest BCUT2D eigenvalue weighted by atomic mass is 16.2. The highest BCUT2D eigenvalue weighted by Crippen LogP contribution is 2.22. The van der Waals surface area contributed by atoms with Crippen molar-refractivity contribution in [2.75, 3.05) is 27.2 Å². The Morgan fingerprint density at radius 2 is 1.68 bits per heavy atom. The molecule has 2 amide bonds. The van der Waals surface area contributed by atoms with E-state index in [1.165, 1.54) is 16.0 Å². The fourth-order valence-corrected chi connectivity index (χ4v) is 2.79. The minimum atomic E-state index is -0.169. The van der Waals surface area contributed by atoms with Crippen LogP contribution < -0.4 is 10.6 Å². The molecular formula is C20H33N3O2. The van der Waals surface area contributed by atoms with Gasteiger partial charge >= 0.3 is 0 Å². The lowest BCUT2D eigenvalue weighted by Crippen LogP contribution is -2.42. The van der Waals surface area contributed by atoms with Crippen molar-refractivity contribution in [3.63, 3.8) is 0 Å². The topological polar surface area (TPSA) is 61.4 Å². The van der Waals surface area contributed by atoms with E-state index in [9.17, 15) is 9.59 Å². The SMILES string of the molecule is CNC(=O)CN(C)C(=O)CN[C@@H](c1ccc(CC(C)C)cc1)C(C)C. The molecule has 2 N–H and O–H groups in total. The molecule has 0 heterocycles. The molecule has 0 aliphatic rings. The van der Waals surface area contributed by atoms with Gasteiger partial charge in [-0.2, -0.15) is 0 Å². The monoisotopic (exact) mass is 347 g/mol. The van der Waals surface area contributed by atoms with E-state index in [1.807, 2.05) is 0 Å². The van der Waals surface area contributed by atoms with Crippen LogP contribution in [0.25, 0.3) is 0 Å². The molecule has 1 aromatic carbocycles. The number of nitrogens with one attached hydrogen (secondary N) is 2. The highest BCUT2D eigenvalue weighted by molar-refractivity contribution is 5.85. The number of carbonyl (C=O) groups excluding carboxylic acids is 2. The van der Waals surface area contributed by atoms with Crippen molar-refractivity contribution in [3.05, 3.63) is 35.4 Å². The van der Waals surface area contributed by atoms with E-state index in [2.05, 4.69) is 62.6 Å². The van der Waals surface area contributed by atoms with Crippen LogP contribution in [0.4, 0.5) is 0 Å². The van der Waals surface area contributed by atoms with Gasteiger partial charge in [-0.3, -0.25) is 9.59 Å². The third kappa shape index (κ3) is 7.26. The van der Waals surface area contributed by atoms with Gasteiger partial charge < -0.3 is 15.5 Å². The Labute approximate surface area is 152 Å². The molecule has 5 nitrogen and oxygen atoms in total. The predicted molar refractivity (Wildman–Crippen MR) is 102 cm³/mol. The molecule has 0 saturated carbocycles. The number of benzene rings is 1. The third-order valence-electron chi connectivity index (χ3n) is 4.21. The van der Waals surface area contributed by atoms with Gasteiger partial charge in [-0.05, 0) is 29.4 Å². The van der Waals surface area contributed by atoms with Crippen LogP contribution in [0.1, 0.15) is 44.9 Å². The van der Waals surface area contributed by atoms with Gasteiger partial charge in [-0.1, -0.05) is 52.0 Å². The van der Waals surface area contributed by atoms with Gasteiger partial charge in [0.15, 0.2) is 0 Å². The van der Waals surface area contributed by atoms with E-state index < -0.39 is 0 Å². The molecule has 140 valence electrons. The molecule has 0 bridgehead atoms. The maximum atomic E-state index is 12.2. The summed E-state index contributed by atoms with van der Waals surface area (Å²) in [6, 6.07) is 8.74. The van der Waals surface area contributed by atoms with E-state index in [4.69, 9.17) is 0 Å². The summed E-state index contributed by atoms with van der Waals surface area (Å²) in [5, 5.41) is 5.87. The second-order valence-electron chi connectivity index (χ2n) is 7.37. The maximum Gasteiger partial charge on any atom is 0.239 e. The van der Waals surface area contributed by atoms with E-state index in [1.54, 1.807) is 14.1 Å². The Hall–Kier alpha value is -1.88. The second-order valence-corrected chi connectivity index (χ2v) is 7.37. The van der Waals surface area contributed by atoms with Gasteiger partial charge in [0, 0.05) is 20.1 Å². The van der Waals surface area contributed by atoms with Gasteiger partial charge in [-0.15, -0.1) is 0 Å². The Balaban J connectivity index is 2.68. The number of carbonyl (C=O) groups is 2. The molecule has 0 aromatic heterocycles. The summed E-state index contributed by atoms with van der Waals surface area (Å²) in [4.78, 5) is 25.0. The fourth-order valence-electron chi connectivity index (χ4n) is 2.79. The zero-order valence-electron chi connectivity index (χ0n) is 16.4. The standard InChI is InChI=1S/C20H33N3O2/c1-14(2)11-16-7-9-17(10-8-16)20(15(3)4)22-12-19(25)23(6)13-18(24)21-5/h7-10,14-15,20,22H,11-13H2,1-6H3,(H,21,24)/t20-/m1/s1. The molecular weight excluding hydrogens is 314 g/mol. The van der Waals surface area contributed by atoms with Gasteiger partial charge in [0.2, 0.25) is 11.8 Å². The molecule has 0 aliphatic heterocycles. The van der Waals surface area contributed by atoms with Crippen LogP contribution in [-0.2, 0) is 16.0 Å². The van der Waals surface area contributed by atoms with E-state index in [0.717, 1.165) is 6.42 Å². The number of rotatable bonds is 9. The summed E-state index contributed by atoms with van der Waals surface area (Å²) in [5.41, 5.74) is 2.52. The van der Waals surface area contributed by atoms with Crippen LogP contribution in [0.3, 0.4) is 0 Å². The summed E-state index contributed by atoms with van der Waals surface area (Å²) >= 11 is 0. The molecule has 25 heavy (non-hydrogen) atoms. The minimum Gasteiger partial charge on any atom is -0.358 e. The van der Waals surface area contributed by atoms with Gasteiger partial charge in [0.05, 0.1) is 13.1 Å². The summed E-state index contributed by atoms with van der Waals surface area (Å²) < 4.78 is 0. The number of hydrogen-bond donors (Lipinski definition) is 2. The van der Waals surface area contributed by atoms with Crippen molar-refractivity contribution < 1.29 is 9.59 Å². The molecule has 0 radical (unpaired) electrons. The number of likely N-dealkylation sites (N-methyl/N-ethyl adjacent to an activating group) is 2. The molecule has 1 aromatic rings. The molecule has 0 unspecified atom stereocenters. The largest absolute Gasteiger partial charge is 0.358 e. The zero-order valence-corrected chi connectivity index (χ0v) is 16.4. The maximum absolute atomic E-state index is 12.2. The number of amides is 2. The Morgan fingerprint density at radius 3 is 2.16 bits per heavy atom. The van der Waals surface area contributed by atoms with Crippen LogP contribution >= 0.6 is 0 Å². The minimum absolute atomic E-state index is 0.0766. The van der Waals surface area contributed by atoms with Gasteiger partial charge in [-0.25, -0.2) is 0 Å². The average molecular weight is 348 g/mol. The smallest absolute Gasteiger partial charge is 0.239 e. The first-order chi connectivity index (χ1) is 11.7. The van der Waals surface area contributed by atoms with Crippen LogP contribution in [0.15, 0.2) is 24.3 Å². The predicted octanol–water partition coefficient (Wildman–Crippen LogP) is 2.38. The van der Waals surface area contributed by atoms with Gasteiger partial charge in [0.1, 0.15) is 0 Å². The molecule has 0 saturated heterocycles. The van der Waals surface area contributed by atoms with Gasteiger partial charge in [0.25, 0.3) is 0 Å². The van der Waals surface area contributed by atoms with Crippen molar-refractivity contribution >= 4 is 11.8 Å². The molecule has 0 fully saturated rings. The first kappa shape index (κ1) is 21.2. The van der Waals surface area contributed by atoms with Crippen molar-refractivity contribution in [2.45, 2.75) is 40.2 Å². The lowest BCUT2D eigenvalue weighted by molar-refractivity contribution is -0.134. The molecule has 1 rings (SSSR count).